The molecule has 1 N–H and O–H groups in total. The van der Waals surface area contributed by atoms with Crippen molar-refractivity contribution in [1.29, 1.82) is 0 Å². The highest BCUT2D eigenvalue weighted by molar-refractivity contribution is 5.86. The van der Waals surface area contributed by atoms with Crippen LogP contribution in [-0.4, -0.2) is 59.1 Å². The fourth-order valence-corrected chi connectivity index (χ4v) is 2.56. The second-order valence-corrected chi connectivity index (χ2v) is 6.21. The normalized spacial score (nSPS) is 11.0. The Hall–Kier alpha value is -3.01. The van der Waals surface area contributed by atoms with Gasteiger partial charge in [0.05, 0.1) is 28.8 Å². The number of aromatic nitrogens is 2. The fraction of sp³-hybridized carbons (Fsp3) is 0.471. The predicted octanol–water partition coefficient (Wildman–Crippen LogP) is 1.23. The molecule has 27 heavy (non-hydrogen) atoms. The van der Waals surface area contributed by atoms with E-state index in [1.165, 1.54) is 18.5 Å². The zero-order chi connectivity index (χ0) is 20.0. The van der Waals surface area contributed by atoms with Crippen molar-refractivity contribution in [3.8, 4) is 0 Å². The number of hydrogen-bond acceptors (Lipinski definition) is 8. The number of hydrogen-bond donors (Lipinski definition) is 1. The number of anilines is 1. The van der Waals surface area contributed by atoms with Crippen LogP contribution in [-0.2, 0) is 16.1 Å². The number of esters is 1. The number of fused-ring (bicyclic) bond motifs is 1. The molecule has 0 bridgehead atoms. The van der Waals surface area contributed by atoms with Crippen LogP contribution in [0.4, 0.5) is 11.4 Å². The molecule has 2 aromatic rings. The molecule has 0 aliphatic rings. The summed E-state index contributed by atoms with van der Waals surface area (Å²) in [5.74, 6) is -0.575. The van der Waals surface area contributed by atoms with Crippen LogP contribution in [0.3, 0.4) is 0 Å². The van der Waals surface area contributed by atoms with Crippen LogP contribution >= 0.6 is 0 Å². The number of carbonyl (C=O) groups is 1. The molecule has 146 valence electrons. The van der Waals surface area contributed by atoms with E-state index < -0.39 is 16.5 Å². The maximum atomic E-state index is 12.6. The van der Waals surface area contributed by atoms with E-state index in [2.05, 4.69) is 10.3 Å². The van der Waals surface area contributed by atoms with Crippen molar-refractivity contribution < 1.29 is 14.5 Å². The van der Waals surface area contributed by atoms with Gasteiger partial charge >= 0.3 is 5.97 Å². The summed E-state index contributed by atoms with van der Waals surface area (Å²) in [6.45, 7) is 2.95. The molecule has 2 rings (SSSR count). The molecular weight excluding hydrogens is 354 g/mol. The number of nitro groups is 1. The Morgan fingerprint density at radius 2 is 2.15 bits per heavy atom. The third-order valence-corrected chi connectivity index (χ3v) is 3.84. The summed E-state index contributed by atoms with van der Waals surface area (Å²) in [7, 11) is 3.90. The molecule has 0 fully saturated rings. The summed E-state index contributed by atoms with van der Waals surface area (Å²) in [4.78, 5) is 41.2. The standard InChI is InChI=1S/C17H23N5O5/c1-4-27-16(23)10-21-11-19-13-9-14(18-6-5-7-20(2)3)15(22(25)26)8-12(13)17(21)24/h8-9,11,18H,4-7,10H2,1-3H3. The minimum absolute atomic E-state index is 0.0762. The lowest BCUT2D eigenvalue weighted by atomic mass is 10.2. The Kier molecular flexibility index (Phi) is 6.83. The number of rotatable bonds is 9. The Labute approximate surface area is 155 Å². The number of ether oxygens (including phenoxy) is 1. The zero-order valence-electron chi connectivity index (χ0n) is 15.6. The first-order valence-corrected chi connectivity index (χ1v) is 8.55. The summed E-state index contributed by atoms with van der Waals surface area (Å²) in [5.41, 5.74) is -0.113. The fourth-order valence-electron chi connectivity index (χ4n) is 2.56. The minimum Gasteiger partial charge on any atom is -0.465 e. The third-order valence-electron chi connectivity index (χ3n) is 3.84. The minimum atomic E-state index is -0.575. The van der Waals surface area contributed by atoms with E-state index in [9.17, 15) is 19.7 Å². The van der Waals surface area contributed by atoms with Gasteiger partial charge in [-0.15, -0.1) is 0 Å². The molecule has 0 amide bonds. The first-order chi connectivity index (χ1) is 12.8. The predicted molar refractivity (Wildman–Crippen MR) is 101 cm³/mol. The topological polar surface area (TPSA) is 120 Å². The molecular formula is C17H23N5O5. The van der Waals surface area contributed by atoms with Gasteiger partial charge in [0.15, 0.2) is 0 Å². The second kappa shape index (κ2) is 9.08. The van der Waals surface area contributed by atoms with Crippen LogP contribution < -0.4 is 10.9 Å². The number of carbonyl (C=O) groups excluding carboxylic acids is 1. The van der Waals surface area contributed by atoms with Crippen LogP contribution in [0.1, 0.15) is 13.3 Å². The molecule has 1 aromatic carbocycles. The van der Waals surface area contributed by atoms with Gasteiger partial charge in [0.2, 0.25) is 0 Å². The molecule has 1 aromatic heterocycles. The molecule has 0 radical (unpaired) electrons. The van der Waals surface area contributed by atoms with Crippen molar-refractivity contribution in [1.82, 2.24) is 14.5 Å². The molecule has 10 nitrogen and oxygen atoms in total. The van der Waals surface area contributed by atoms with Crippen LogP contribution in [0, 0.1) is 10.1 Å². The van der Waals surface area contributed by atoms with E-state index >= 15 is 0 Å². The maximum Gasteiger partial charge on any atom is 0.326 e. The van der Waals surface area contributed by atoms with Crippen molar-refractivity contribution in [2.75, 3.05) is 39.1 Å². The van der Waals surface area contributed by atoms with Crippen molar-refractivity contribution >= 4 is 28.2 Å². The van der Waals surface area contributed by atoms with E-state index in [-0.39, 0.29) is 24.2 Å². The molecule has 1 heterocycles. The van der Waals surface area contributed by atoms with E-state index in [0.717, 1.165) is 17.5 Å². The van der Waals surface area contributed by atoms with E-state index in [4.69, 9.17) is 4.74 Å². The molecule has 0 aliphatic heterocycles. The highest BCUT2D eigenvalue weighted by Gasteiger charge is 2.18. The van der Waals surface area contributed by atoms with Gasteiger partial charge in [-0.25, -0.2) is 4.98 Å². The molecule has 0 aliphatic carbocycles. The Morgan fingerprint density at radius 1 is 1.41 bits per heavy atom. The van der Waals surface area contributed by atoms with Crippen LogP contribution in [0.15, 0.2) is 23.3 Å². The van der Waals surface area contributed by atoms with Crippen molar-refractivity contribution in [3.63, 3.8) is 0 Å². The van der Waals surface area contributed by atoms with Crippen LogP contribution in [0.5, 0.6) is 0 Å². The number of benzene rings is 1. The Balaban J connectivity index is 2.35. The summed E-state index contributed by atoms with van der Waals surface area (Å²) in [6.07, 6.45) is 2.04. The van der Waals surface area contributed by atoms with Gasteiger partial charge in [0, 0.05) is 12.6 Å². The summed E-state index contributed by atoms with van der Waals surface area (Å²) in [5, 5.41) is 14.5. The molecule has 0 atom stereocenters. The highest BCUT2D eigenvalue weighted by Crippen LogP contribution is 2.28. The van der Waals surface area contributed by atoms with E-state index in [1.54, 1.807) is 6.92 Å². The Bertz CT molecular complexity index is 893. The number of nitrogens with zero attached hydrogens (tertiary/aromatic N) is 4. The lowest BCUT2D eigenvalue weighted by Gasteiger charge is -2.12. The van der Waals surface area contributed by atoms with Gasteiger partial charge in [0.25, 0.3) is 11.2 Å². The van der Waals surface area contributed by atoms with Gasteiger partial charge < -0.3 is 15.0 Å². The maximum absolute atomic E-state index is 12.6. The van der Waals surface area contributed by atoms with E-state index in [1.807, 2.05) is 19.0 Å². The van der Waals surface area contributed by atoms with Crippen molar-refractivity contribution in [2.24, 2.45) is 0 Å². The van der Waals surface area contributed by atoms with Gasteiger partial charge in [-0.1, -0.05) is 0 Å². The average Bonchev–Trinajstić information content (AvgIpc) is 2.60. The third kappa shape index (κ3) is 5.23. The zero-order valence-corrected chi connectivity index (χ0v) is 15.6. The van der Waals surface area contributed by atoms with E-state index in [0.29, 0.717) is 17.7 Å². The number of nitrogens with one attached hydrogen (secondary N) is 1. The van der Waals surface area contributed by atoms with Gasteiger partial charge in [-0.2, -0.15) is 0 Å². The highest BCUT2D eigenvalue weighted by atomic mass is 16.6. The summed E-state index contributed by atoms with van der Waals surface area (Å²) in [6, 6.07) is 2.68. The lowest BCUT2D eigenvalue weighted by Crippen LogP contribution is -2.25. The van der Waals surface area contributed by atoms with Crippen LogP contribution in [0.25, 0.3) is 10.9 Å². The first kappa shape index (κ1) is 20.3. The molecule has 0 saturated heterocycles. The second-order valence-electron chi connectivity index (χ2n) is 6.21. The van der Waals surface area contributed by atoms with Crippen molar-refractivity contribution in [3.05, 3.63) is 38.9 Å². The largest absolute Gasteiger partial charge is 0.465 e. The number of nitro benzene ring substituents is 1. The lowest BCUT2D eigenvalue weighted by molar-refractivity contribution is -0.383. The summed E-state index contributed by atoms with van der Waals surface area (Å²) >= 11 is 0. The van der Waals surface area contributed by atoms with Crippen molar-refractivity contribution in [2.45, 2.75) is 19.9 Å². The first-order valence-electron chi connectivity index (χ1n) is 8.55. The molecule has 0 spiro atoms. The molecule has 10 heteroatoms. The Morgan fingerprint density at radius 3 is 2.78 bits per heavy atom. The van der Waals surface area contributed by atoms with Gasteiger partial charge in [-0.3, -0.25) is 24.3 Å². The SMILES string of the molecule is CCOC(=O)Cn1cnc2cc(NCCCN(C)C)c([N+](=O)[O-])cc2c1=O. The van der Waals surface area contributed by atoms with Gasteiger partial charge in [0.1, 0.15) is 12.2 Å². The molecule has 0 saturated carbocycles. The van der Waals surface area contributed by atoms with Crippen LogP contribution in [0.2, 0.25) is 0 Å². The summed E-state index contributed by atoms with van der Waals surface area (Å²) < 4.78 is 5.90. The quantitative estimate of drug-likeness (QED) is 0.300. The smallest absolute Gasteiger partial charge is 0.326 e. The monoisotopic (exact) mass is 377 g/mol. The average molecular weight is 377 g/mol. The molecule has 0 unspecified atom stereocenters. The van der Waals surface area contributed by atoms with Gasteiger partial charge in [-0.05, 0) is 40.1 Å².